The van der Waals surface area contributed by atoms with Gasteiger partial charge < -0.3 is 15.0 Å². The van der Waals surface area contributed by atoms with Crippen LogP contribution in [0, 0.1) is 17.2 Å². The van der Waals surface area contributed by atoms with E-state index in [9.17, 15) is 22.8 Å². The highest BCUT2D eigenvalue weighted by Gasteiger charge is 2.31. The van der Waals surface area contributed by atoms with E-state index < -0.39 is 17.7 Å². The number of nitrogens with one attached hydrogen (secondary N) is 1. The minimum Gasteiger partial charge on any atom is -0.462 e. The van der Waals surface area contributed by atoms with Crippen molar-refractivity contribution >= 4 is 29.5 Å². The average Bonchev–Trinajstić information content (AvgIpc) is 2.83. The smallest absolute Gasteiger partial charge is 0.417 e. The number of piperidine rings is 1. The maximum Gasteiger partial charge on any atom is 0.417 e. The van der Waals surface area contributed by atoms with Crippen molar-refractivity contribution in [2.75, 3.05) is 29.9 Å². The first-order valence-corrected chi connectivity index (χ1v) is 10.7. The lowest BCUT2D eigenvalue weighted by Gasteiger charge is -2.32. The predicted molar refractivity (Wildman–Crippen MR) is 119 cm³/mol. The Morgan fingerprint density at radius 2 is 1.88 bits per heavy atom. The molecule has 0 saturated carbocycles. The molecule has 10 heteroatoms. The Morgan fingerprint density at radius 1 is 1.21 bits per heavy atom. The number of halogens is 3. The summed E-state index contributed by atoms with van der Waals surface area (Å²) >= 11 is 0. The van der Waals surface area contributed by atoms with Gasteiger partial charge in [0.25, 0.3) is 0 Å². The molecule has 3 rings (SSSR count). The predicted octanol–water partition coefficient (Wildman–Crippen LogP) is 4.43. The molecule has 0 atom stereocenters. The lowest BCUT2D eigenvalue weighted by atomic mass is 9.95. The van der Waals surface area contributed by atoms with Crippen molar-refractivity contribution in [2.45, 2.75) is 25.9 Å². The molecule has 1 aromatic heterocycles. The van der Waals surface area contributed by atoms with Crippen LogP contribution in [0.25, 0.3) is 6.08 Å². The number of pyridine rings is 1. The molecule has 7 nitrogen and oxygen atoms in total. The van der Waals surface area contributed by atoms with E-state index in [0.717, 1.165) is 12.3 Å². The van der Waals surface area contributed by atoms with Gasteiger partial charge in [0, 0.05) is 30.9 Å². The van der Waals surface area contributed by atoms with Crippen LogP contribution in [-0.4, -0.2) is 36.6 Å². The average molecular weight is 472 g/mol. The highest BCUT2D eigenvalue weighted by molar-refractivity contribution is 5.98. The molecule has 2 aromatic rings. The molecular formula is C24H23F3N4O3. The Labute approximate surface area is 194 Å². The first-order valence-electron chi connectivity index (χ1n) is 10.7. The number of hydrogen-bond acceptors (Lipinski definition) is 6. The third-order valence-corrected chi connectivity index (χ3v) is 5.37. The first kappa shape index (κ1) is 24.8. The van der Waals surface area contributed by atoms with Gasteiger partial charge in [-0.15, -0.1) is 0 Å². The summed E-state index contributed by atoms with van der Waals surface area (Å²) < 4.78 is 42.9. The zero-order chi connectivity index (χ0) is 24.7. The molecule has 1 aliphatic rings. The fraction of sp³-hybridized carbons (Fsp3) is 0.333. The molecule has 1 N–H and O–H groups in total. The largest absolute Gasteiger partial charge is 0.462 e. The Bertz CT molecular complexity index is 1080. The maximum atomic E-state index is 12.7. The van der Waals surface area contributed by atoms with Gasteiger partial charge in [0.2, 0.25) is 5.91 Å². The van der Waals surface area contributed by atoms with Crippen LogP contribution < -0.4 is 10.2 Å². The van der Waals surface area contributed by atoms with Gasteiger partial charge in [-0.2, -0.15) is 18.4 Å². The number of nitrogens with zero attached hydrogens (tertiary/aromatic N) is 3. The number of ether oxygens (including phenoxy) is 1. The Kier molecular flexibility index (Phi) is 7.89. The Morgan fingerprint density at radius 3 is 2.41 bits per heavy atom. The molecule has 1 aliphatic heterocycles. The Hall–Kier alpha value is -3.87. The van der Waals surface area contributed by atoms with Crippen molar-refractivity contribution in [3.05, 3.63) is 59.3 Å². The van der Waals surface area contributed by atoms with Crippen LogP contribution in [0.1, 0.15) is 30.9 Å². The van der Waals surface area contributed by atoms with Crippen LogP contribution in [0.3, 0.4) is 0 Å². The van der Waals surface area contributed by atoms with Gasteiger partial charge in [-0.25, -0.2) is 9.78 Å². The molecule has 1 aromatic carbocycles. The molecule has 178 valence electrons. The monoisotopic (exact) mass is 472 g/mol. The summed E-state index contributed by atoms with van der Waals surface area (Å²) in [5, 5.41) is 12.0. The van der Waals surface area contributed by atoms with E-state index in [1.807, 2.05) is 11.0 Å². The molecule has 0 spiro atoms. The quantitative estimate of drug-likeness (QED) is 0.380. The number of esters is 1. The number of anilines is 2. The van der Waals surface area contributed by atoms with Crippen LogP contribution in [0.5, 0.6) is 0 Å². The molecule has 34 heavy (non-hydrogen) atoms. The molecule has 0 radical (unpaired) electrons. The van der Waals surface area contributed by atoms with E-state index >= 15 is 0 Å². The second kappa shape index (κ2) is 10.8. The van der Waals surface area contributed by atoms with E-state index in [1.165, 1.54) is 12.1 Å². The van der Waals surface area contributed by atoms with E-state index in [4.69, 9.17) is 10.00 Å². The summed E-state index contributed by atoms with van der Waals surface area (Å²) in [6.45, 7) is 2.83. The lowest BCUT2D eigenvalue weighted by Crippen LogP contribution is -2.38. The second-order valence-electron chi connectivity index (χ2n) is 7.67. The van der Waals surface area contributed by atoms with E-state index in [-0.39, 0.29) is 24.0 Å². The molecule has 0 unspecified atom stereocenters. The third-order valence-electron chi connectivity index (χ3n) is 5.37. The summed E-state index contributed by atoms with van der Waals surface area (Å²) in [7, 11) is 0. The highest BCUT2D eigenvalue weighted by atomic mass is 19.4. The second-order valence-corrected chi connectivity index (χ2v) is 7.67. The number of amides is 1. The molecule has 0 aliphatic carbocycles. The molecule has 1 amide bonds. The minimum absolute atomic E-state index is 0.118. The molecule has 1 fully saturated rings. The summed E-state index contributed by atoms with van der Waals surface area (Å²) in [6, 6.07) is 10.8. The molecule has 1 saturated heterocycles. The number of benzene rings is 1. The van der Waals surface area contributed by atoms with Crippen LogP contribution in [-0.2, 0) is 20.5 Å². The number of nitriles is 1. The van der Waals surface area contributed by atoms with Crippen LogP contribution in [0.4, 0.5) is 24.7 Å². The van der Waals surface area contributed by atoms with E-state index in [0.29, 0.717) is 43.0 Å². The minimum atomic E-state index is -4.43. The number of aromatic nitrogens is 1. The van der Waals surface area contributed by atoms with Gasteiger partial charge in [-0.05, 0) is 55.7 Å². The topological polar surface area (TPSA) is 95.3 Å². The van der Waals surface area contributed by atoms with Crippen LogP contribution >= 0.6 is 0 Å². The zero-order valence-electron chi connectivity index (χ0n) is 18.4. The zero-order valence-corrected chi connectivity index (χ0v) is 18.4. The van der Waals surface area contributed by atoms with Gasteiger partial charge in [0.05, 0.1) is 12.2 Å². The third kappa shape index (κ3) is 6.34. The standard InChI is InChI=1S/C24H23F3N4O3/c1-2-34-23(33)18(14-28)13-16-3-6-20(7-4-16)30-22(32)17-9-11-31(12-10-17)21-8-5-19(15-29-21)24(25,26)27/h3-8,13,15,17H,2,9-12H2,1H3,(H,30,32)/b18-13-. The van der Waals surface area contributed by atoms with Gasteiger partial charge in [0.15, 0.2) is 0 Å². The van der Waals surface area contributed by atoms with Crippen molar-refractivity contribution < 1.29 is 27.5 Å². The Balaban J connectivity index is 1.54. The maximum absolute atomic E-state index is 12.7. The molecule has 2 heterocycles. The van der Waals surface area contributed by atoms with E-state index in [1.54, 1.807) is 31.2 Å². The van der Waals surface area contributed by atoms with Crippen molar-refractivity contribution in [1.29, 1.82) is 5.26 Å². The highest BCUT2D eigenvalue weighted by Crippen LogP contribution is 2.30. The fourth-order valence-electron chi connectivity index (χ4n) is 3.53. The first-order chi connectivity index (χ1) is 16.2. The SMILES string of the molecule is CCOC(=O)/C(C#N)=C\c1ccc(NC(=O)C2CCN(c3ccc(C(F)(F)F)cn3)CC2)cc1. The van der Waals surface area contributed by atoms with Crippen molar-refractivity contribution in [2.24, 2.45) is 5.92 Å². The van der Waals surface area contributed by atoms with Gasteiger partial charge >= 0.3 is 12.1 Å². The summed E-state index contributed by atoms with van der Waals surface area (Å²) in [4.78, 5) is 30.1. The van der Waals surface area contributed by atoms with Gasteiger partial charge in [-0.3, -0.25) is 4.79 Å². The van der Waals surface area contributed by atoms with Crippen LogP contribution in [0.15, 0.2) is 48.2 Å². The number of carbonyl (C=O) groups is 2. The number of rotatable bonds is 6. The van der Waals surface area contributed by atoms with Gasteiger partial charge in [-0.1, -0.05) is 12.1 Å². The summed E-state index contributed by atoms with van der Waals surface area (Å²) in [5.41, 5.74) is 0.272. The molecular weight excluding hydrogens is 449 g/mol. The van der Waals surface area contributed by atoms with Crippen molar-refractivity contribution in [3.8, 4) is 6.07 Å². The number of alkyl halides is 3. The van der Waals surface area contributed by atoms with Gasteiger partial charge in [0.1, 0.15) is 17.5 Å². The number of hydrogen-bond donors (Lipinski definition) is 1. The van der Waals surface area contributed by atoms with Crippen LogP contribution in [0.2, 0.25) is 0 Å². The fourth-order valence-corrected chi connectivity index (χ4v) is 3.53. The normalized spacial score (nSPS) is 14.9. The summed E-state index contributed by atoms with van der Waals surface area (Å²) in [5.74, 6) is -0.623. The summed E-state index contributed by atoms with van der Waals surface area (Å²) in [6.07, 6.45) is -1.11. The van der Waals surface area contributed by atoms with Crippen molar-refractivity contribution in [3.63, 3.8) is 0 Å². The lowest BCUT2D eigenvalue weighted by molar-refractivity contribution is -0.138. The molecule has 0 bridgehead atoms. The van der Waals surface area contributed by atoms with E-state index in [2.05, 4.69) is 10.3 Å². The van der Waals surface area contributed by atoms with Crippen molar-refractivity contribution in [1.82, 2.24) is 4.98 Å². The number of carbonyl (C=O) groups excluding carboxylic acids is 2.